The summed E-state index contributed by atoms with van der Waals surface area (Å²) in [5.74, 6) is 1.40. The van der Waals surface area contributed by atoms with E-state index >= 15 is 0 Å². The van der Waals surface area contributed by atoms with Crippen LogP contribution >= 0.6 is 12.4 Å². The van der Waals surface area contributed by atoms with Crippen molar-refractivity contribution in [1.82, 2.24) is 9.80 Å². The van der Waals surface area contributed by atoms with E-state index in [1.807, 2.05) is 25.1 Å². The van der Waals surface area contributed by atoms with E-state index in [9.17, 15) is 31.1 Å². The highest BCUT2D eigenvalue weighted by Crippen LogP contribution is 2.36. The lowest BCUT2D eigenvalue weighted by Crippen LogP contribution is -2.35. The Kier molecular flexibility index (Phi) is 8.68. The number of amides is 1. The van der Waals surface area contributed by atoms with Crippen molar-refractivity contribution in [3.63, 3.8) is 0 Å². The van der Waals surface area contributed by atoms with Crippen LogP contribution in [0.3, 0.4) is 0 Å². The molecule has 0 saturated carbocycles. The van der Waals surface area contributed by atoms with Crippen molar-refractivity contribution < 1.29 is 35.6 Å². The topological polar surface area (TPSA) is 36.7 Å². The minimum absolute atomic E-state index is 0. The largest absolute Gasteiger partial charge is 0.463 e. The van der Waals surface area contributed by atoms with Gasteiger partial charge in [0, 0.05) is 12.1 Å². The minimum Gasteiger partial charge on any atom is -0.463 e. The molecule has 0 saturated heterocycles. The van der Waals surface area contributed by atoms with Crippen molar-refractivity contribution in [1.29, 1.82) is 0 Å². The standard InChI is InChI=1S/C27H24F6N2O2.ClH/c1-34(2)15-23-13-20-9-10-35(16-24(20)37-23)25(36)19-7-5-17(6-8-19)3-4-18-11-21(26(28,29)30)14-22(12-18)27(31,32)33;/h3-8,11-14H,9-10,15-16H2,1-2H3;1H/b4-3-;. The summed E-state index contributed by atoms with van der Waals surface area (Å²) in [6, 6.07) is 9.74. The highest BCUT2D eigenvalue weighted by atomic mass is 35.5. The lowest BCUT2D eigenvalue weighted by molar-refractivity contribution is -0.143. The fourth-order valence-corrected chi connectivity index (χ4v) is 4.13. The second kappa shape index (κ2) is 11.2. The molecule has 0 bridgehead atoms. The van der Waals surface area contributed by atoms with Gasteiger partial charge in [0.05, 0.1) is 24.2 Å². The molecule has 1 aromatic heterocycles. The zero-order valence-electron chi connectivity index (χ0n) is 20.5. The number of nitrogens with zero attached hydrogens (tertiary/aromatic N) is 2. The molecule has 11 heteroatoms. The second-order valence-corrected chi connectivity index (χ2v) is 9.17. The number of benzene rings is 2. The van der Waals surface area contributed by atoms with Gasteiger partial charge in [-0.05, 0) is 73.6 Å². The van der Waals surface area contributed by atoms with Crippen LogP contribution in [-0.2, 0) is 31.9 Å². The summed E-state index contributed by atoms with van der Waals surface area (Å²) in [4.78, 5) is 16.7. The van der Waals surface area contributed by atoms with Crippen molar-refractivity contribution in [2.24, 2.45) is 0 Å². The first kappa shape index (κ1) is 29.3. The molecule has 1 amide bonds. The summed E-state index contributed by atoms with van der Waals surface area (Å²) in [6.45, 7) is 1.54. The molecule has 38 heavy (non-hydrogen) atoms. The van der Waals surface area contributed by atoms with Crippen molar-refractivity contribution in [3.05, 3.63) is 93.4 Å². The average molecular weight is 559 g/mol. The molecule has 1 aliphatic heterocycles. The molecule has 2 aromatic carbocycles. The first-order valence-corrected chi connectivity index (χ1v) is 11.4. The normalized spacial score (nSPS) is 14.1. The van der Waals surface area contributed by atoms with Gasteiger partial charge in [-0.1, -0.05) is 24.3 Å². The molecule has 0 spiro atoms. The van der Waals surface area contributed by atoms with Crippen LogP contribution in [0.4, 0.5) is 26.3 Å². The molecule has 0 N–H and O–H groups in total. The van der Waals surface area contributed by atoms with Gasteiger partial charge < -0.3 is 14.2 Å². The minimum atomic E-state index is -4.91. The predicted octanol–water partition coefficient (Wildman–Crippen LogP) is 7.17. The van der Waals surface area contributed by atoms with Crippen molar-refractivity contribution >= 4 is 30.5 Å². The van der Waals surface area contributed by atoms with E-state index in [0.29, 0.717) is 49.3 Å². The predicted molar refractivity (Wildman–Crippen MR) is 134 cm³/mol. The van der Waals surface area contributed by atoms with E-state index < -0.39 is 23.5 Å². The number of alkyl halides is 6. The molecule has 0 unspecified atom stereocenters. The molecule has 0 radical (unpaired) electrons. The molecular formula is C27H25ClF6N2O2. The molecule has 204 valence electrons. The molecular weight excluding hydrogens is 534 g/mol. The highest BCUT2D eigenvalue weighted by Gasteiger charge is 2.36. The second-order valence-electron chi connectivity index (χ2n) is 9.17. The van der Waals surface area contributed by atoms with Gasteiger partial charge in [-0.15, -0.1) is 12.4 Å². The third-order valence-electron chi connectivity index (χ3n) is 5.93. The van der Waals surface area contributed by atoms with E-state index in [1.165, 1.54) is 12.2 Å². The summed E-state index contributed by atoms with van der Waals surface area (Å²) < 4.78 is 84.3. The molecule has 0 aliphatic carbocycles. The van der Waals surface area contributed by atoms with Crippen molar-refractivity contribution in [2.75, 3.05) is 20.6 Å². The van der Waals surface area contributed by atoms with E-state index in [0.717, 1.165) is 17.1 Å². The maximum absolute atomic E-state index is 13.1. The van der Waals surface area contributed by atoms with Gasteiger partial charge >= 0.3 is 12.4 Å². The lowest BCUT2D eigenvalue weighted by Gasteiger charge is -2.26. The van der Waals surface area contributed by atoms with Gasteiger partial charge in [-0.3, -0.25) is 4.79 Å². The summed E-state index contributed by atoms with van der Waals surface area (Å²) in [6.07, 6.45) is -6.58. The number of carbonyl (C=O) groups excluding carboxylic acids is 1. The average Bonchev–Trinajstić information content (AvgIpc) is 3.22. The highest BCUT2D eigenvalue weighted by molar-refractivity contribution is 5.94. The number of hydrogen-bond donors (Lipinski definition) is 0. The monoisotopic (exact) mass is 558 g/mol. The molecule has 1 aliphatic rings. The number of furan rings is 1. The third kappa shape index (κ3) is 6.99. The molecule has 0 fully saturated rings. The number of halogens is 7. The van der Waals surface area contributed by atoms with Gasteiger partial charge in [-0.2, -0.15) is 26.3 Å². The van der Waals surface area contributed by atoms with Crippen LogP contribution in [0.5, 0.6) is 0 Å². The Hall–Kier alpha value is -3.24. The Balaban J connectivity index is 0.00000400. The van der Waals surface area contributed by atoms with E-state index in [4.69, 9.17) is 4.42 Å². The third-order valence-corrected chi connectivity index (χ3v) is 5.93. The summed E-state index contributed by atoms with van der Waals surface area (Å²) in [7, 11) is 3.88. The van der Waals surface area contributed by atoms with Crippen LogP contribution in [0, 0.1) is 0 Å². The quantitative estimate of drug-likeness (QED) is 0.246. The smallest absolute Gasteiger partial charge is 0.416 e. The van der Waals surface area contributed by atoms with Crippen LogP contribution in [0.2, 0.25) is 0 Å². The molecule has 4 nitrogen and oxygen atoms in total. The molecule has 3 aromatic rings. The fourth-order valence-electron chi connectivity index (χ4n) is 4.13. The number of carbonyl (C=O) groups is 1. The number of rotatable bonds is 5. The van der Waals surface area contributed by atoms with E-state index in [-0.39, 0.29) is 29.9 Å². The van der Waals surface area contributed by atoms with Gasteiger partial charge in [0.1, 0.15) is 11.5 Å². The van der Waals surface area contributed by atoms with Crippen molar-refractivity contribution in [2.45, 2.75) is 31.9 Å². The number of fused-ring (bicyclic) bond motifs is 1. The summed E-state index contributed by atoms with van der Waals surface area (Å²) >= 11 is 0. The number of hydrogen-bond acceptors (Lipinski definition) is 3. The molecule has 2 heterocycles. The first-order chi connectivity index (χ1) is 17.3. The fraction of sp³-hybridized carbons (Fsp3) is 0.296. The van der Waals surface area contributed by atoms with Gasteiger partial charge in [0.15, 0.2) is 0 Å². The summed E-state index contributed by atoms with van der Waals surface area (Å²) in [5, 5.41) is 0. The Morgan fingerprint density at radius 3 is 2.05 bits per heavy atom. The van der Waals surface area contributed by atoms with Crippen LogP contribution in [0.15, 0.2) is 52.9 Å². The van der Waals surface area contributed by atoms with Gasteiger partial charge in [0.2, 0.25) is 0 Å². The van der Waals surface area contributed by atoms with Crippen LogP contribution in [0.25, 0.3) is 12.2 Å². The molecule has 4 rings (SSSR count). The zero-order valence-corrected chi connectivity index (χ0v) is 21.3. The molecule has 0 atom stereocenters. The lowest BCUT2D eigenvalue weighted by atomic mass is 10.0. The maximum atomic E-state index is 13.1. The maximum Gasteiger partial charge on any atom is 0.416 e. The van der Waals surface area contributed by atoms with E-state index in [2.05, 4.69) is 0 Å². The Labute approximate surface area is 221 Å². The zero-order chi connectivity index (χ0) is 27.0. The SMILES string of the molecule is CN(C)Cc1cc2c(o1)CN(C(=O)c1ccc(/C=C\c3cc(C(F)(F)F)cc(C(F)(F)F)c3)cc1)CC2.Cl. The Morgan fingerprint density at radius 1 is 0.921 bits per heavy atom. The van der Waals surface area contributed by atoms with E-state index in [1.54, 1.807) is 29.2 Å². The first-order valence-electron chi connectivity index (χ1n) is 11.4. The van der Waals surface area contributed by atoms with Gasteiger partial charge in [-0.25, -0.2) is 0 Å². The van der Waals surface area contributed by atoms with Crippen LogP contribution < -0.4 is 0 Å². The van der Waals surface area contributed by atoms with Crippen LogP contribution in [-0.4, -0.2) is 36.3 Å². The Bertz CT molecular complexity index is 1280. The summed E-state index contributed by atoms with van der Waals surface area (Å²) in [5.41, 5.74) is -0.971. The van der Waals surface area contributed by atoms with Crippen molar-refractivity contribution in [3.8, 4) is 0 Å². The Morgan fingerprint density at radius 2 is 1.50 bits per heavy atom. The van der Waals surface area contributed by atoms with Gasteiger partial charge in [0.25, 0.3) is 5.91 Å². The van der Waals surface area contributed by atoms with Crippen LogP contribution in [0.1, 0.15) is 49.7 Å².